The molecule has 1 N–H and O–H groups in total. The molecule has 0 heterocycles. The molecular weight excluding hydrogens is 224 g/mol. The zero-order valence-electron chi connectivity index (χ0n) is 10.9. The van der Waals surface area contributed by atoms with E-state index >= 15 is 0 Å². The number of rotatable bonds is 3. The van der Waals surface area contributed by atoms with Crippen LogP contribution in [-0.2, 0) is 12.8 Å². The molecule has 1 aliphatic rings. The lowest BCUT2D eigenvalue weighted by Crippen LogP contribution is -2.44. The Balaban J connectivity index is 2.18. The lowest BCUT2D eigenvalue weighted by atomic mass is 9.99. The molecule has 0 aromatic heterocycles. The summed E-state index contributed by atoms with van der Waals surface area (Å²) in [6, 6.07) is 8.00. The summed E-state index contributed by atoms with van der Waals surface area (Å²) in [5, 5.41) is 11.9. The van der Waals surface area contributed by atoms with Crippen LogP contribution in [0.1, 0.15) is 48.2 Å². The molecular formula is C15H18N2O. The molecule has 3 nitrogen and oxygen atoms in total. The fourth-order valence-electron chi connectivity index (χ4n) is 2.23. The van der Waals surface area contributed by atoms with Crippen LogP contribution in [0.3, 0.4) is 0 Å². The topological polar surface area (TPSA) is 52.9 Å². The Labute approximate surface area is 108 Å². The van der Waals surface area contributed by atoms with Crippen molar-refractivity contribution in [2.24, 2.45) is 0 Å². The van der Waals surface area contributed by atoms with Crippen LogP contribution in [0.25, 0.3) is 0 Å². The highest BCUT2D eigenvalue weighted by Crippen LogP contribution is 2.23. The second-order valence-corrected chi connectivity index (χ2v) is 5.09. The lowest BCUT2D eigenvalue weighted by Gasteiger charge is -2.21. The minimum absolute atomic E-state index is 0.157. The van der Waals surface area contributed by atoms with Gasteiger partial charge in [-0.25, -0.2) is 0 Å². The van der Waals surface area contributed by atoms with Crippen LogP contribution in [0, 0.1) is 11.3 Å². The summed E-state index contributed by atoms with van der Waals surface area (Å²) < 4.78 is 0. The van der Waals surface area contributed by atoms with E-state index in [-0.39, 0.29) is 5.91 Å². The number of fused-ring (bicyclic) bond motifs is 1. The molecule has 0 unspecified atom stereocenters. The molecule has 1 aromatic carbocycles. The Hall–Kier alpha value is -1.82. The molecule has 1 atom stereocenters. The van der Waals surface area contributed by atoms with Crippen LogP contribution in [0.15, 0.2) is 18.2 Å². The summed E-state index contributed by atoms with van der Waals surface area (Å²) in [7, 11) is 0. The first-order valence-corrected chi connectivity index (χ1v) is 6.43. The molecule has 1 aliphatic carbocycles. The van der Waals surface area contributed by atoms with E-state index in [2.05, 4.69) is 11.4 Å². The zero-order valence-corrected chi connectivity index (χ0v) is 10.9. The van der Waals surface area contributed by atoms with Gasteiger partial charge in [-0.15, -0.1) is 0 Å². The van der Waals surface area contributed by atoms with Gasteiger partial charge >= 0.3 is 0 Å². The molecule has 0 aliphatic heterocycles. The SMILES string of the molecule is CC[C@@](C)(C#N)NC(=O)c1ccc2c(c1)CCC2. The molecule has 0 spiro atoms. The van der Waals surface area contributed by atoms with Gasteiger partial charge in [0, 0.05) is 5.56 Å². The highest BCUT2D eigenvalue weighted by atomic mass is 16.1. The molecule has 18 heavy (non-hydrogen) atoms. The highest BCUT2D eigenvalue weighted by molar-refractivity contribution is 5.95. The van der Waals surface area contributed by atoms with Crippen LogP contribution in [0.5, 0.6) is 0 Å². The quantitative estimate of drug-likeness (QED) is 0.885. The predicted octanol–water partition coefficient (Wildman–Crippen LogP) is 2.60. The Kier molecular flexibility index (Phi) is 3.38. The smallest absolute Gasteiger partial charge is 0.252 e. The van der Waals surface area contributed by atoms with E-state index in [1.165, 1.54) is 17.5 Å². The van der Waals surface area contributed by atoms with E-state index in [1.807, 2.05) is 25.1 Å². The Bertz CT molecular complexity index is 516. The third-order valence-corrected chi connectivity index (χ3v) is 3.70. The van der Waals surface area contributed by atoms with Crippen molar-refractivity contribution in [2.75, 3.05) is 0 Å². The van der Waals surface area contributed by atoms with Gasteiger partial charge in [-0.05, 0) is 55.9 Å². The number of amides is 1. The third kappa shape index (κ3) is 2.38. The second kappa shape index (κ2) is 4.81. The number of nitriles is 1. The number of benzene rings is 1. The predicted molar refractivity (Wildman–Crippen MR) is 70.2 cm³/mol. The first-order chi connectivity index (χ1) is 8.58. The largest absolute Gasteiger partial charge is 0.334 e. The molecule has 0 saturated heterocycles. The van der Waals surface area contributed by atoms with Crippen LogP contribution in [0.4, 0.5) is 0 Å². The van der Waals surface area contributed by atoms with Crippen molar-refractivity contribution in [3.8, 4) is 6.07 Å². The number of carbonyl (C=O) groups is 1. The molecule has 94 valence electrons. The van der Waals surface area contributed by atoms with Crippen LogP contribution in [-0.4, -0.2) is 11.4 Å². The average molecular weight is 242 g/mol. The van der Waals surface area contributed by atoms with Crippen molar-refractivity contribution in [1.82, 2.24) is 5.32 Å². The Morgan fingerprint density at radius 2 is 2.17 bits per heavy atom. The number of hydrogen-bond donors (Lipinski definition) is 1. The van der Waals surface area contributed by atoms with Gasteiger partial charge in [0.2, 0.25) is 0 Å². The third-order valence-electron chi connectivity index (χ3n) is 3.70. The maximum absolute atomic E-state index is 12.1. The van der Waals surface area contributed by atoms with Crippen molar-refractivity contribution < 1.29 is 4.79 Å². The van der Waals surface area contributed by atoms with Gasteiger partial charge in [0.05, 0.1) is 6.07 Å². The number of nitrogens with zero attached hydrogens (tertiary/aromatic N) is 1. The molecule has 0 radical (unpaired) electrons. The molecule has 0 bridgehead atoms. The summed E-state index contributed by atoms with van der Waals surface area (Å²) in [6.07, 6.45) is 3.94. The van der Waals surface area contributed by atoms with Crippen molar-refractivity contribution in [2.45, 2.75) is 45.1 Å². The molecule has 2 rings (SSSR count). The maximum atomic E-state index is 12.1. The van der Waals surface area contributed by atoms with Gasteiger partial charge in [0.15, 0.2) is 0 Å². The fourth-order valence-corrected chi connectivity index (χ4v) is 2.23. The van der Waals surface area contributed by atoms with E-state index in [4.69, 9.17) is 5.26 Å². The molecule has 1 amide bonds. The average Bonchev–Trinajstić information content (AvgIpc) is 2.85. The molecule has 3 heteroatoms. The van der Waals surface area contributed by atoms with E-state index in [9.17, 15) is 4.79 Å². The number of hydrogen-bond acceptors (Lipinski definition) is 2. The minimum Gasteiger partial charge on any atom is -0.334 e. The van der Waals surface area contributed by atoms with Crippen LogP contribution in [0.2, 0.25) is 0 Å². The van der Waals surface area contributed by atoms with Gasteiger partial charge in [-0.3, -0.25) is 4.79 Å². The number of carbonyl (C=O) groups excluding carboxylic acids is 1. The summed E-state index contributed by atoms with van der Waals surface area (Å²) in [5.41, 5.74) is 2.50. The molecule has 1 aromatic rings. The van der Waals surface area contributed by atoms with Crippen molar-refractivity contribution in [3.05, 3.63) is 34.9 Å². The van der Waals surface area contributed by atoms with Gasteiger partial charge in [0.25, 0.3) is 5.91 Å². The summed E-state index contributed by atoms with van der Waals surface area (Å²) in [4.78, 5) is 12.1. The second-order valence-electron chi connectivity index (χ2n) is 5.09. The van der Waals surface area contributed by atoms with Crippen molar-refractivity contribution in [3.63, 3.8) is 0 Å². The first kappa shape index (κ1) is 12.6. The minimum atomic E-state index is -0.782. The fraction of sp³-hybridized carbons (Fsp3) is 0.467. The summed E-state index contributed by atoms with van der Waals surface area (Å²) in [6.45, 7) is 3.64. The number of aryl methyl sites for hydroxylation is 2. The van der Waals surface area contributed by atoms with Crippen molar-refractivity contribution >= 4 is 5.91 Å². The monoisotopic (exact) mass is 242 g/mol. The Morgan fingerprint density at radius 3 is 2.83 bits per heavy atom. The first-order valence-electron chi connectivity index (χ1n) is 6.43. The van der Waals surface area contributed by atoms with Gasteiger partial charge < -0.3 is 5.32 Å². The van der Waals surface area contributed by atoms with Crippen LogP contribution >= 0.6 is 0 Å². The van der Waals surface area contributed by atoms with E-state index in [0.717, 1.165) is 12.8 Å². The van der Waals surface area contributed by atoms with E-state index in [0.29, 0.717) is 12.0 Å². The van der Waals surface area contributed by atoms with Gasteiger partial charge in [0.1, 0.15) is 5.54 Å². The van der Waals surface area contributed by atoms with Gasteiger partial charge in [-0.1, -0.05) is 13.0 Å². The standard InChI is InChI=1S/C15H18N2O/c1-3-15(2,10-16)17-14(18)13-8-7-11-5-4-6-12(11)9-13/h7-9H,3-6H2,1-2H3,(H,17,18)/t15-/m0/s1. The normalized spacial score (nSPS) is 16.5. The molecule has 0 fully saturated rings. The van der Waals surface area contributed by atoms with E-state index < -0.39 is 5.54 Å². The Morgan fingerprint density at radius 1 is 1.44 bits per heavy atom. The van der Waals surface area contributed by atoms with Gasteiger partial charge in [-0.2, -0.15) is 5.26 Å². The van der Waals surface area contributed by atoms with Crippen LogP contribution < -0.4 is 5.32 Å². The lowest BCUT2D eigenvalue weighted by molar-refractivity contribution is 0.0923. The summed E-state index contributed by atoms with van der Waals surface area (Å²) in [5.74, 6) is -0.157. The summed E-state index contributed by atoms with van der Waals surface area (Å²) >= 11 is 0. The maximum Gasteiger partial charge on any atom is 0.252 e. The molecule has 0 saturated carbocycles. The van der Waals surface area contributed by atoms with E-state index in [1.54, 1.807) is 6.92 Å². The highest BCUT2D eigenvalue weighted by Gasteiger charge is 2.24. The number of nitrogens with one attached hydrogen (secondary N) is 1. The van der Waals surface area contributed by atoms with Crippen molar-refractivity contribution in [1.29, 1.82) is 5.26 Å². The zero-order chi connectivity index (χ0) is 13.2.